The Balaban J connectivity index is 1.46. The summed E-state index contributed by atoms with van der Waals surface area (Å²) in [6, 6.07) is 16.3. The number of aliphatic hydroxyl groups is 2. The molecule has 0 aromatic heterocycles. The van der Waals surface area contributed by atoms with Gasteiger partial charge < -0.3 is 19.7 Å². The third-order valence-electron chi connectivity index (χ3n) is 7.41. The van der Waals surface area contributed by atoms with Gasteiger partial charge in [0, 0.05) is 0 Å². The van der Waals surface area contributed by atoms with Crippen LogP contribution in [0.2, 0.25) is 0 Å². The minimum atomic E-state index is -1.06. The first-order valence-electron chi connectivity index (χ1n) is 12.8. The monoisotopic (exact) mass is 538 g/mol. The van der Waals surface area contributed by atoms with Crippen LogP contribution in [-0.4, -0.2) is 81.3 Å². The second-order valence-electron chi connectivity index (χ2n) is 9.96. The van der Waals surface area contributed by atoms with Crippen LogP contribution in [0.25, 0.3) is 0 Å². The van der Waals surface area contributed by atoms with Crippen LogP contribution in [0.5, 0.6) is 0 Å². The van der Waals surface area contributed by atoms with E-state index in [0.29, 0.717) is 0 Å². The van der Waals surface area contributed by atoms with Crippen LogP contribution >= 0.6 is 0 Å². The van der Waals surface area contributed by atoms with Gasteiger partial charge in [-0.15, -0.1) is 0 Å². The summed E-state index contributed by atoms with van der Waals surface area (Å²) >= 11 is 0. The molecule has 11 nitrogen and oxygen atoms in total. The van der Waals surface area contributed by atoms with Crippen molar-refractivity contribution in [3.05, 3.63) is 83.6 Å². The van der Waals surface area contributed by atoms with Crippen molar-refractivity contribution in [2.75, 3.05) is 13.2 Å². The third-order valence-corrected chi connectivity index (χ3v) is 7.41. The van der Waals surface area contributed by atoms with Crippen molar-refractivity contribution < 1.29 is 43.4 Å². The Bertz CT molecular complexity index is 1240. The van der Waals surface area contributed by atoms with Crippen LogP contribution in [-0.2, 0) is 37.1 Å². The van der Waals surface area contributed by atoms with Crippen molar-refractivity contribution in [3.63, 3.8) is 0 Å². The number of nitrogens with zero attached hydrogens (tertiary/aromatic N) is 2. The molecule has 0 aliphatic carbocycles. The summed E-state index contributed by atoms with van der Waals surface area (Å²) in [4.78, 5) is 45.6. The molecule has 206 valence electrons. The van der Waals surface area contributed by atoms with Gasteiger partial charge in [-0.25, -0.2) is 15.2 Å². The molecule has 2 saturated heterocycles. The normalized spacial score (nSPS) is 30.6. The fourth-order valence-corrected chi connectivity index (χ4v) is 5.36. The molecule has 5 rings (SSSR count). The van der Waals surface area contributed by atoms with Gasteiger partial charge >= 0.3 is 11.9 Å². The lowest BCUT2D eigenvalue weighted by Crippen LogP contribution is -2.81. The fraction of sp³-hybridized carbons (Fsp3) is 0.393. The molecule has 6 atom stereocenters. The van der Waals surface area contributed by atoms with Crippen LogP contribution < -0.4 is 5.32 Å². The molecule has 3 unspecified atom stereocenters. The Morgan fingerprint density at radius 1 is 1.03 bits per heavy atom. The third kappa shape index (κ3) is 5.12. The molecule has 0 bridgehead atoms. The number of rotatable bonds is 10. The van der Waals surface area contributed by atoms with E-state index in [2.05, 4.69) is 5.32 Å². The lowest BCUT2D eigenvalue weighted by Gasteiger charge is -2.53. The van der Waals surface area contributed by atoms with E-state index in [-0.39, 0.29) is 31.8 Å². The maximum absolute atomic E-state index is 13.7. The van der Waals surface area contributed by atoms with E-state index >= 15 is 0 Å². The second kappa shape index (κ2) is 11.3. The highest BCUT2D eigenvalue weighted by Crippen LogP contribution is 2.41. The molecule has 3 heterocycles. The quantitative estimate of drug-likeness (QED) is 0.305. The summed E-state index contributed by atoms with van der Waals surface area (Å²) in [5, 5.41) is 23.7. The molecule has 4 amide bonds. The Morgan fingerprint density at radius 2 is 1.67 bits per heavy atom. The highest BCUT2D eigenvalue weighted by Gasteiger charge is 2.69. The average Bonchev–Trinajstić information content (AvgIpc) is 3.33. The van der Waals surface area contributed by atoms with Gasteiger partial charge in [0.25, 0.3) is 5.91 Å². The molecule has 3 aliphatic rings. The molecule has 2 aromatic rings. The van der Waals surface area contributed by atoms with Gasteiger partial charge in [0.1, 0.15) is 25.0 Å². The zero-order chi connectivity index (χ0) is 27.6. The van der Waals surface area contributed by atoms with Crippen molar-refractivity contribution in [1.82, 2.24) is 10.4 Å². The predicted octanol–water partition coefficient (Wildman–Crippen LogP) is 1.35. The van der Waals surface area contributed by atoms with E-state index in [0.717, 1.165) is 11.1 Å². The van der Waals surface area contributed by atoms with Crippen molar-refractivity contribution in [2.45, 2.75) is 57.1 Å². The molecule has 0 radical (unpaired) electrons. The van der Waals surface area contributed by atoms with Crippen LogP contribution in [0.1, 0.15) is 24.5 Å². The minimum absolute atomic E-state index is 0.0249. The SMILES string of the molecule is CC1=C[N+](C2C(=O)N(OCc3ccccc3)C2COCc2ccccc2)([C@H]2C[C@H](O)[C@@H](CO)O2)C(=O)NC1=O. The number of urea groups is 1. The minimum Gasteiger partial charge on any atom is -0.394 e. The summed E-state index contributed by atoms with van der Waals surface area (Å²) < 4.78 is 11.2. The van der Waals surface area contributed by atoms with E-state index in [1.165, 1.54) is 18.2 Å². The summed E-state index contributed by atoms with van der Waals surface area (Å²) in [7, 11) is 0. The highest BCUT2D eigenvalue weighted by molar-refractivity contribution is 6.04. The van der Waals surface area contributed by atoms with Gasteiger partial charge in [0.15, 0.2) is 0 Å². The average molecular weight is 539 g/mol. The summed E-state index contributed by atoms with van der Waals surface area (Å²) in [6.07, 6.45) is -1.62. The summed E-state index contributed by atoms with van der Waals surface area (Å²) in [6.45, 7) is 1.51. The number of benzene rings is 2. The zero-order valence-electron chi connectivity index (χ0n) is 21.5. The number of imide groups is 1. The molecule has 0 spiro atoms. The van der Waals surface area contributed by atoms with Gasteiger partial charge in [0.05, 0.1) is 37.9 Å². The van der Waals surface area contributed by atoms with Crippen molar-refractivity contribution >= 4 is 17.8 Å². The van der Waals surface area contributed by atoms with Crippen molar-refractivity contribution in [3.8, 4) is 0 Å². The van der Waals surface area contributed by atoms with E-state index < -0.39 is 59.5 Å². The Morgan fingerprint density at radius 3 is 2.28 bits per heavy atom. The maximum Gasteiger partial charge on any atom is 0.431 e. The first-order valence-corrected chi connectivity index (χ1v) is 12.8. The fourth-order valence-electron chi connectivity index (χ4n) is 5.36. The van der Waals surface area contributed by atoms with E-state index in [9.17, 15) is 24.6 Å². The topological polar surface area (TPSA) is 135 Å². The zero-order valence-corrected chi connectivity index (χ0v) is 21.5. The van der Waals surface area contributed by atoms with E-state index in [1.807, 2.05) is 60.7 Å². The van der Waals surface area contributed by atoms with E-state index in [1.54, 1.807) is 0 Å². The second-order valence-corrected chi connectivity index (χ2v) is 9.96. The Hall–Kier alpha value is -3.45. The number of carbonyl (C=O) groups excluding carboxylic acids is 3. The van der Waals surface area contributed by atoms with Gasteiger partial charge in [-0.2, -0.15) is 4.48 Å². The number of amides is 4. The summed E-state index contributed by atoms with van der Waals surface area (Å²) in [5.74, 6) is -1.06. The largest absolute Gasteiger partial charge is 0.431 e. The highest BCUT2D eigenvalue weighted by atomic mass is 16.7. The van der Waals surface area contributed by atoms with Gasteiger partial charge in [0.2, 0.25) is 12.3 Å². The number of ether oxygens (including phenoxy) is 2. The number of aliphatic hydroxyl groups excluding tert-OH is 2. The van der Waals surface area contributed by atoms with Crippen LogP contribution in [0.4, 0.5) is 4.79 Å². The summed E-state index contributed by atoms with van der Waals surface area (Å²) in [5.41, 5.74) is 2.01. The van der Waals surface area contributed by atoms with Gasteiger partial charge in [-0.3, -0.25) is 14.4 Å². The van der Waals surface area contributed by atoms with Gasteiger partial charge in [-0.1, -0.05) is 60.7 Å². The maximum atomic E-state index is 13.7. The van der Waals surface area contributed by atoms with E-state index in [4.69, 9.17) is 14.3 Å². The lowest BCUT2D eigenvalue weighted by atomic mass is 9.92. The molecule has 3 aliphatic heterocycles. The number of carbonyl (C=O) groups is 3. The van der Waals surface area contributed by atoms with Crippen LogP contribution in [0.15, 0.2) is 72.4 Å². The molecule has 2 fully saturated rings. The first kappa shape index (κ1) is 27.1. The predicted molar refractivity (Wildman–Crippen MR) is 136 cm³/mol. The van der Waals surface area contributed by atoms with Crippen LogP contribution in [0.3, 0.4) is 0 Å². The van der Waals surface area contributed by atoms with Crippen LogP contribution in [0, 0.1) is 0 Å². The molecule has 2 aromatic carbocycles. The first-order chi connectivity index (χ1) is 18.8. The lowest BCUT2D eigenvalue weighted by molar-refractivity contribution is -0.876. The number of quaternary nitrogens is 1. The molecule has 3 N–H and O–H groups in total. The molecule has 11 heteroatoms. The van der Waals surface area contributed by atoms with Crippen molar-refractivity contribution in [1.29, 1.82) is 0 Å². The molecule has 0 saturated carbocycles. The number of hydrogen-bond donors (Lipinski definition) is 3. The Labute approximate surface area is 225 Å². The van der Waals surface area contributed by atoms with Crippen molar-refractivity contribution in [2.24, 2.45) is 0 Å². The molecular weight excluding hydrogens is 506 g/mol. The number of hydrogen-bond acceptors (Lipinski definition) is 8. The smallest absolute Gasteiger partial charge is 0.394 e. The number of nitrogens with one attached hydrogen (secondary N) is 1. The van der Waals surface area contributed by atoms with Gasteiger partial charge in [-0.05, 0) is 18.1 Å². The molecular formula is C28H32N3O8+. The number of β-lactam (4-membered cyclic amide) rings is 1. The molecule has 39 heavy (non-hydrogen) atoms. The number of hydroxylamine groups is 2. The Kier molecular flexibility index (Phi) is 7.89. The standard InChI is InChI=1S/C28H31N3O8/c1-18-13-31(28(36)29-26(18)34,24-12-22(33)23(14-32)39-24)25-21(17-37-15-19-8-4-2-5-9-19)30(27(25)35)38-16-20-10-6-3-7-11-20/h2-11,13,21-25,32-33H,12,14-17H2,1H3/p+1/t21?,22-,23+,24+,25?,31?/m0/s1.